The van der Waals surface area contributed by atoms with E-state index in [1.807, 2.05) is 0 Å². The molecule has 4 heteroatoms. The van der Waals surface area contributed by atoms with Gasteiger partial charge in [0.25, 0.3) is 0 Å². The molecule has 1 fully saturated rings. The summed E-state index contributed by atoms with van der Waals surface area (Å²) in [5, 5.41) is 2.88. The van der Waals surface area contributed by atoms with Gasteiger partial charge in [0.05, 0.1) is 0 Å². The van der Waals surface area contributed by atoms with Gasteiger partial charge in [-0.05, 0) is 12.8 Å². The van der Waals surface area contributed by atoms with Crippen molar-refractivity contribution < 1.29 is 9.53 Å². The maximum absolute atomic E-state index is 11.2. The van der Waals surface area contributed by atoms with Crippen LogP contribution in [0, 0.1) is 0 Å². The summed E-state index contributed by atoms with van der Waals surface area (Å²) in [6, 6.07) is 0.269. The zero-order chi connectivity index (χ0) is 9.68. The summed E-state index contributed by atoms with van der Waals surface area (Å²) in [5.74, 6) is -0.0650. The Morgan fingerprint density at radius 3 is 2.85 bits per heavy atom. The molecule has 1 aliphatic rings. The highest BCUT2D eigenvalue weighted by atomic mass is 16.5. The van der Waals surface area contributed by atoms with Crippen LogP contribution in [-0.2, 0) is 9.53 Å². The molecule has 0 bridgehead atoms. The van der Waals surface area contributed by atoms with Crippen LogP contribution in [0.1, 0.15) is 25.7 Å². The molecule has 1 aliphatic carbocycles. The zero-order valence-corrected chi connectivity index (χ0v) is 8.08. The lowest BCUT2D eigenvalue weighted by Gasteiger charge is -2.29. The standard InChI is InChI=1S/C9H18N2O2/c1-13-6-9(12)11-8-5-3-2-4-7(8)10/h7-8H,2-6,10H2,1H3,(H,11,12). The number of hydrogen-bond acceptors (Lipinski definition) is 3. The van der Waals surface area contributed by atoms with Crippen LogP contribution >= 0.6 is 0 Å². The Bertz CT molecular complexity index is 173. The van der Waals surface area contributed by atoms with Crippen molar-refractivity contribution >= 4 is 5.91 Å². The van der Waals surface area contributed by atoms with Crippen molar-refractivity contribution in [2.45, 2.75) is 37.8 Å². The number of hydrogen-bond donors (Lipinski definition) is 2. The minimum Gasteiger partial charge on any atom is -0.375 e. The fourth-order valence-corrected chi connectivity index (χ4v) is 1.72. The van der Waals surface area contributed by atoms with Gasteiger partial charge in [-0.2, -0.15) is 0 Å². The van der Waals surface area contributed by atoms with Crippen LogP contribution in [-0.4, -0.2) is 31.7 Å². The van der Waals surface area contributed by atoms with E-state index in [9.17, 15) is 4.79 Å². The van der Waals surface area contributed by atoms with E-state index in [1.165, 1.54) is 13.5 Å². The minimum atomic E-state index is -0.0650. The molecule has 0 aromatic rings. The van der Waals surface area contributed by atoms with E-state index in [-0.39, 0.29) is 24.6 Å². The normalized spacial score (nSPS) is 28.5. The fourth-order valence-electron chi connectivity index (χ4n) is 1.72. The van der Waals surface area contributed by atoms with Crippen molar-refractivity contribution in [2.24, 2.45) is 5.73 Å². The second kappa shape index (κ2) is 5.19. The molecular weight excluding hydrogens is 168 g/mol. The third-order valence-corrected chi connectivity index (χ3v) is 2.44. The maximum Gasteiger partial charge on any atom is 0.246 e. The average molecular weight is 186 g/mol. The first kappa shape index (κ1) is 10.5. The Kier molecular flexibility index (Phi) is 4.18. The summed E-state index contributed by atoms with van der Waals surface area (Å²) in [4.78, 5) is 11.2. The van der Waals surface area contributed by atoms with Gasteiger partial charge < -0.3 is 15.8 Å². The summed E-state index contributed by atoms with van der Waals surface area (Å²) in [6.07, 6.45) is 4.35. The third-order valence-electron chi connectivity index (χ3n) is 2.44. The summed E-state index contributed by atoms with van der Waals surface area (Å²) >= 11 is 0. The maximum atomic E-state index is 11.2. The van der Waals surface area contributed by atoms with Crippen molar-refractivity contribution in [1.29, 1.82) is 0 Å². The Hall–Kier alpha value is -0.610. The number of methoxy groups -OCH3 is 1. The molecule has 1 rings (SSSR count). The highest BCUT2D eigenvalue weighted by molar-refractivity contribution is 5.77. The lowest BCUT2D eigenvalue weighted by molar-refractivity contribution is -0.125. The van der Waals surface area contributed by atoms with Gasteiger partial charge >= 0.3 is 0 Å². The second-order valence-electron chi connectivity index (χ2n) is 3.56. The van der Waals surface area contributed by atoms with Crippen LogP contribution in [0.15, 0.2) is 0 Å². The zero-order valence-electron chi connectivity index (χ0n) is 8.08. The smallest absolute Gasteiger partial charge is 0.246 e. The van der Waals surface area contributed by atoms with Crippen molar-refractivity contribution in [3.8, 4) is 0 Å². The molecule has 1 saturated carbocycles. The Balaban J connectivity index is 2.29. The van der Waals surface area contributed by atoms with E-state index in [2.05, 4.69) is 5.32 Å². The summed E-state index contributed by atoms with van der Waals surface area (Å²) < 4.78 is 4.73. The van der Waals surface area contributed by atoms with Gasteiger partial charge in [0, 0.05) is 19.2 Å². The number of ether oxygens (including phenoxy) is 1. The SMILES string of the molecule is COCC(=O)NC1CCCCC1N. The lowest BCUT2D eigenvalue weighted by atomic mass is 9.91. The van der Waals surface area contributed by atoms with Crippen molar-refractivity contribution in [2.75, 3.05) is 13.7 Å². The molecule has 0 aliphatic heterocycles. The molecule has 4 nitrogen and oxygen atoms in total. The molecule has 0 radical (unpaired) electrons. The van der Waals surface area contributed by atoms with Gasteiger partial charge in [-0.25, -0.2) is 0 Å². The molecule has 13 heavy (non-hydrogen) atoms. The number of rotatable bonds is 3. The van der Waals surface area contributed by atoms with Gasteiger partial charge in [0.15, 0.2) is 0 Å². The molecule has 1 amide bonds. The van der Waals surface area contributed by atoms with Crippen LogP contribution in [0.5, 0.6) is 0 Å². The van der Waals surface area contributed by atoms with Crippen LogP contribution < -0.4 is 11.1 Å². The molecule has 3 N–H and O–H groups in total. The van der Waals surface area contributed by atoms with Crippen LogP contribution in [0.4, 0.5) is 0 Å². The van der Waals surface area contributed by atoms with E-state index in [1.54, 1.807) is 0 Å². The largest absolute Gasteiger partial charge is 0.375 e. The fraction of sp³-hybridized carbons (Fsp3) is 0.889. The summed E-state index contributed by atoms with van der Waals surface area (Å²) in [6.45, 7) is 0.128. The predicted octanol–water partition coefficient (Wildman–Crippen LogP) is 0.0189. The third kappa shape index (κ3) is 3.32. The summed E-state index contributed by atoms with van der Waals surface area (Å²) in [7, 11) is 1.51. The number of carbonyl (C=O) groups excluding carboxylic acids is 1. The van der Waals surface area contributed by atoms with Crippen molar-refractivity contribution in [1.82, 2.24) is 5.32 Å². The first-order valence-corrected chi connectivity index (χ1v) is 4.78. The monoisotopic (exact) mass is 186 g/mol. The van der Waals surface area contributed by atoms with Gasteiger partial charge in [0.1, 0.15) is 6.61 Å². The van der Waals surface area contributed by atoms with Gasteiger partial charge in [0.2, 0.25) is 5.91 Å². The molecule has 0 aromatic heterocycles. The van der Waals surface area contributed by atoms with Gasteiger partial charge in [-0.1, -0.05) is 12.8 Å². The highest BCUT2D eigenvalue weighted by Crippen LogP contribution is 2.16. The Morgan fingerprint density at radius 1 is 1.54 bits per heavy atom. The number of carbonyl (C=O) groups is 1. The lowest BCUT2D eigenvalue weighted by Crippen LogP contribution is -2.50. The van der Waals surface area contributed by atoms with E-state index >= 15 is 0 Å². The molecule has 0 spiro atoms. The number of amides is 1. The van der Waals surface area contributed by atoms with E-state index in [0.717, 1.165) is 19.3 Å². The van der Waals surface area contributed by atoms with Crippen LogP contribution in [0.25, 0.3) is 0 Å². The molecule has 0 aromatic carbocycles. The van der Waals surface area contributed by atoms with Crippen LogP contribution in [0.2, 0.25) is 0 Å². The Labute approximate surface area is 78.8 Å². The molecule has 2 unspecified atom stereocenters. The van der Waals surface area contributed by atoms with Crippen molar-refractivity contribution in [3.05, 3.63) is 0 Å². The first-order valence-electron chi connectivity index (χ1n) is 4.78. The summed E-state index contributed by atoms with van der Waals surface area (Å²) in [5.41, 5.74) is 5.87. The molecule has 76 valence electrons. The topological polar surface area (TPSA) is 64.3 Å². The van der Waals surface area contributed by atoms with E-state index < -0.39 is 0 Å². The second-order valence-corrected chi connectivity index (χ2v) is 3.56. The molecule has 0 heterocycles. The number of nitrogens with two attached hydrogens (primary N) is 1. The average Bonchev–Trinajstić information content (AvgIpc) is 2.09. The quantitative estimate of drug-likeness (QED) is 0.653. The molecule has 0 saturated heterocycles. The van der Waals surface area contributed by atoms with E-state index in [4.69, 9.17) is 10.5 Å². The predicted molar refractivity (Wildman–Crippen MR) is 50.3 cm³/mol. The molecular formula is C9H18N2O2. The Morgan fingerprint density at radius 2 is 2.23 bits per heavy atom. The molecule has 2 atom stereocenters. The first-order chi connectivity index (χ1) is 6.24. The highest BCUT2D eigenvalue weighted by Gasteiger charge is 2.22. The van der Waals surface area contributed by atoms with Gasteiger partial charge in [-0.3, -0.25) is 4.79 Å². The van der Waals surface area contributed by atoms with E-state index in [0.29, 0.717) is 0 Å². The van der Waals surface area contributed by atoms with Gasteiger partial charge in [-0.15, -0.1) is 0 Å². The van der Waals surface area contributed by atoms with Crippen molar-refractivity contribution in [3.63, 3.8) is 0 Å². The van der Waals surface area contributed by atoms with Crippen LogP contribution in [0.3, 0.4) is 0 Å². The number of nitrogens with one attached hydrogen (secondary N) is 1. The minimum absolute atomic E-state index is 0.0650.